The topological polar surface area (TPSA) is 45.0 Å². The van der Waals surface area contributed by atoms with Crippen molar-refractivity contribution in [3.8, 4) is 6.07 Å². The van der Waals surface area contributed by atoms with Crippen LogP contribution in [0.15, 0.2) is 23.1 Å². The monoisotopic (exact) mass is 236 g/mol. The van der Waals surface area contributed by atoms with Crippen LogP contribution < -0.4 is 5.32 Å². The molecule has 0 aliphatic rings. The summed E-state index contributed by atoms with van der Waals surface area (Å²) in [5.74, 6) is 0. The molecule has 0 saturated carbocycles. The molecule has 0 bridgehead atoms. The van der Waals surface area contributed by atoms with Gasteiger partial charge in [0.1, 0.15) is 6.07 Å². The molecular weight excluding hydrogens is 220 g/mol. The van der Waals surface area contributed by atoms with Crippen molar-refractivity contribution in [2.45, 2.75) is 11.8 Å². The van der Waals surface area contributed by atoms with Crippen molar-refractivity contribution in [2.75, 3.05) is 31.3 Å². The Balaban J connectivity index is 2.68. The number of anilines is 1. The highest BCUT2D eigenvalue weighted by Crippen LogP contribution is 2.25. The van der Waals surface area contributed by atoms with E-state index in [1.165, 1.54) is 0 Å². The summed E-state index contributed by atoms with van der Waals surface area (Å²) >= 11 is 1.58. The predicted octanol–water partition coefficient (Wildman–Crippen LogP) is 2.73. The first kappa shape index (κ1) is 12.9. The fourth-order valence-corrected chi connectivity index (χ4v) is 1.94. The summed E-state index contributed by atoms with van der Waals surface area (Å²) < 4.78 is 5.23. The Morgan fingerprint density at radius 1 is 1.50 bits per heavy atom. The van der Waals surface area contributed by atoms with Gasteiger partial charge in [-0.1, -0.05) is 6.07 Å². The number of thioether (sulfide) groups is 1. The summed E-state index contributed by atoms with van der Waals surface area (Å²) in [6.07, 6.45) is 1.97. The standard InChI is InChI=1S/C12H16N2OS/c1-3-15-8-7-14-11-5-4-6-12(16-2)10(11)9-13/h4-6,14H,3,7-8H2,1-2H3. The highest BCUT2D eigenvalue weighted by atomic mass is 32.2. The Bertz CT molecular complexity index is 374. The summed E-state index contributed by atoms with van der Waals surface area (Å²) in [6.45, 7) is 4.07. The molecule has 1 N–H and O–H groups in total. The Labute approximate surface area is 101 Å². The number of nitrogens with one attached hydrogen (secondary N) is 1. The summed E-state index contributed by atoms with van der Waals surface area (Å²) in [4.78, 5) is 1.00. The maximum absolute atomic E-state index is 9.10. The lowest BCUT2D eigenvalue weighted by Crippen LogP contribution is -2.10. The fourth-order valence-electron chi connectivity index (χ4n) is 1.37. The molecule has 4 heteroatoms. The number of hydrogen-bond acceptors (Lipinski definition) is 4. The number of ether oxygens (including phenoxy) is 1. The number of rotatable bonds is 6. The van der Waals surface area contributed by atoms with E-state index in [0.717, 1.165) is 23.7 Å². The maximum atomic E-state index is 9.10. The molecule has 0 aliphatic carbocycles. The molecule has 3 nitrogen and oxygen atoms in total. The zero-order valence-corrected chi connectivity index (χ0v) is 10.4. The van der Waals surface area contributed by atoms with Gasteiger partial charge in [-0.05, 0) is 25.3 Å². The average Bonchev–Trinajstić information content (AvgIpc) is 2.34. The minimum atomic E-state index is 0.658. The molecule has 0 spiro atoms. The molecule has 0 heterocycles. The van der Waals surface area contributed by atoms with Crippen molar-refractivity contribution >= 4 is 17.4 Å². The molecule has 1 aromatic rings. The third kappa shape index (κ3) is 3.44. The smallest absolute Gasteiger partial charge is 0.102 e. The lowest BCUT2D eigenvalue weighted by molar-refractivity contribution is 0.158. The van der Waals surface area contributed by atoms with Crippen LogP contribution in [0, 0.1) is 11.3 Å². The number of nitriles is 1. The van der Waals surface area contributed by atoms with Crippen molar-refractivity contribution < 1.29 is 4.74 Å². The van der Waals surface area contributed by atoms with E-state index in [9.17, 15) is 0 Å². The minimum absolute atomic E-state index is 0.658. The van der Waals surface area contributed by atoms with Gasteiger partial charge in [0.15, 0.2) is 0 Å². The molecule has 0 aliphatic heterocycles. The highest BCUT2D eigenvalue weighted by Gasteiger charge is 2.06. The zero-order chi connectivity index (χ0) is 11.8. The molecule has 0 aromatic heterocycles. The quantitative estimate of drug-likeness (QED) is 0.609. The van der Waals surface area contributed by atoms with E-state index in [0.29, 0.717) is 12.2 Å². The van der Waals surface area contributed by atoms with Crippen LogP contribution >= 0.6 is 11.8 Å². The van der Waals surface area contributed by atoms with Crippen LogP contribution in [0.1, 0.15) is 12.5 Å². The van der Waals surface area contributed by atoms with Gasteiger partial charge in [-0.15, -0.1) is 11.8 Å². The molecule has 0 saturated heterocycles. The maximum Gasteiger partial charge on any atom is 0.102 e. The second-order valence-electron chi connectivity index (χ2n) is 3.12. The molecule has 86 valence electrons. The highest BCUT2D eigenvalue weighted by molar-refractivity contribution is 7.98. The van der Waals surface area contributed by atoms with Gasteiger partial charge in [0.2, 0.25) is 0 Å². The summed E-state index contributed by atoms with van der Waals surface area (Å²) in [5.41, 5.74) is 1.60. The first-order chi connectivity index (χ1) is 7.83. The Kier molecular flexibility index (Phi) is 5.76. The van der Waals surface area contributed by atoms with Crippen LogP contribution in [-0.4, -0.2) is 26.0 Å². The van der Waals surface area contributed by atoms with Gasteiger partial charge >= 0.3 is 0 Å². The van der Waals surface area contributed by atoms with E-state index in [1.54, 1.807) is 11.8 Å². The number of nitrogens with zero attached hydrogens (tertiary/aromatic N) is 1. The number of benzene rings is 1. The van der Waals surface area contributed by atoms with Crippen molar-refractivity contribution in [1.82, 2.24) is 0 Å². The van der Waals surface area contributed by atoms with Crippen LogP contribution in [-0.2, 0) is 4.74 Å². The second-order valence-corrected chi connectivity index (χ2v) is 3.97. The molecular formula is C12H16N2OS. The van der Waals surface area contributed by atoms with E-state index < -0.39 is 0 Å². The first-order valence-electron chi connectivity index (χ1n) is 5.22. The minimum Gasteiger partial charge on any atom is -0.382 e. The predicted molar refractivity (Wildman–Crippen MR) is 67.9 cm³/mol. The van der Waals surface area contributed by atoms with Crippen molar-refractivity contribution in [2.24, 2.45) is 0 Å². The molecule has 0 atom stereocenters. The Morgan fingerprint density at radius 2 is 2.31 bits per heavy atom. The third-order valence-electron chi connectivity index (χ3n) is 2.12. The van der Waals surface area contributed by atoms with Gasteiger partial charge in [0.05, 0.1) is 17.9 Å². The number of hydrogen-bond donors (Lipinski definition) is 1. The van der Waals surface area contributed by atoms with Crippen molar-refractivity contribution in [1.29, 1.82) is 5.26 Å². The van der Waals surface area contributed by atoms with Crippen LogP contribution in [0.2, 0.25) is 0 Å². The van der Waals surface area contributed by atoms with E-state index in [2.05, 4.69) is 11.4 Å². The molecule has 1 aromatic carbocycles. The van der Waals surface area contributed by atoms with Crippen molar-refractivity contribution in [3.05, 3.63) is 23.8 Å². The van der Waals surface area contributed by atoms with Gasteiger partial charge in [-0.2, -0.15) is 5.26 Å². The third-order valence-corrected chi connectivity index (χ3v) is 2.90. The SMILES string of the molecule is CCOCCNc1cccc(SC)c1C#N. The Hall–Kier alpha value is -1.18. The lowest BCUT2D eigenvalue weighted by Gasteiger charge is -2.10. The lowest BCUT2D eigenvalue weighted by atomic mass is 10.2. The van der Waals surface area contributed by atoms with E-state index >= 15 is 0 Å². The van der Waals surface area contributed by atoms with E-state index in [-0.39, 0.29) is 0 Å². The molecule has 0 unspecified atom stereocenters. The van der Waals surface area contributed by atoms with Gasteiger partial charge in [-0.25, -0.2) is 0 Å². The van der Waals surface area contributed by atoms with Crippen molar-refractivity contribution in [3.63, 3.8) is 0 Å². The molecule has 16 heavy (non-hydrogen) atoms. The Morgan fingerprint density at radius 3 is 2.94 bits per heavy atom. The summed E-state index contributed by atoms with van der Waals surface area (Å²) in [6, 6.07) is 8.06. The van der Waals surface area contributed by atoms with E-state index in [1.807, 2.05) is 31.4 Å². The molecule has 1 rings (SSSR count). The van der Waals surface area contributed by atoms with Gasteiger partial charge in [0, 0.05) is 18.0 Å². The largest absolute Gasteiger partial charge is 0.382 e. The summed E-state index contributed by atoms with van der Waals surface area (Å²) in [5, 5.41) is 12.3. The van der Waals surface area contributed by atoms with Crippen LogP contribution in [0.4, 0.5) is 5.69 Å². The van der Waals surface area contributed by atoms with Crippen LogP contribution in [0.3, 0.4) is 0 Å². The van der Waals surface area contributed by atoms with Gasteiger partial charge in [0.25, 0.3) is 0 Å². The van der Waals surface area contributed by atoms with Crippen LogP contribution in [0.5, 0.6) is 0 Å². The second kappa shape index (κ2) is 7.15. The zero-order valence-electron chi connectivity index (χ0n) is 9.62. The normalized spacial score (nSPS) is 9.81. The van der Waals surface area contributed by atoms with Gasteiger partial charge in [-0.3, -0.25) is 0 Å². The van der Waals surface area contributed by atoms with Crippen LogP contribution in [0.25, 0.3) is 0 Å². The molecule has 0 fully saturated rings. The first-order valence-corrected chi connectivity index (χ1v) is 6.44. The fraction of sp³-hybridized carbons (Fsp3) is 0.417. The average molecular weight is 236 g/mol. The van der Waals surface area contributed by atoms with Gasteiger partial charge < -0.3 is 10.1 Å². The molecule has 0 radical (unpaired) electrons. The van der Waals surface area contributed by atoms with E-state index in [4.69, 9.17) is 10.00 Å². The summed E-state index contributed by atoms with van der Waals surface area (Å²) in [7, 11) is 0. The molecule has 0 amide bonds.